The average Bonchev–Trinajstić information content (AvgIpc) is 3.14. The van der Waals surface area contributed by atoms with E-state index in [0.29, 0.717) is 16.3 Å². The largest absolute Gasteiger partial charge is 0.305 e. The minimum absolute atomic E-state index is 0.294. The first kappa shape index (κ1) is 16.5. The molecule has 0 radical (unpaired) electrons. The molecule has 2 aromatic heterocycles. The number of thiophene rings is 1. The molecule has 0 atom stereocenters. The second-order valence-electron chi connectivity index (χ2n) is 5.01. The Morgan fingerprint density at radius 3 is 2.87 bits per heavy atom. The summed E-state index contributed by atoms with van der Waals surface area (Å²) in [5.74, 6) is 0.947. The maximum atomic E-state index is 13.8. The molecule has 0 aliphatic carbocycles. The second kappa shape index (κ2) is 7.03. The standard InChI is InChI=1S/C16H15ClFN3S2/c1-3-11-7-10(8-22-11)15-19-20-16(21(15)2)23-9-12-13(17)5-4-6-14(12)18/h4-8H,3,9H2,1-2H3. The molecule has 0 saturated carbocycles. The number of aryl methyl sites for hydroxylation is 1. The molecule has 120 valence electrons. The van der Waals surface area contributed by atoms with Crippen molar-refractivity contribution in [1.82, 2.24) is 14.8 Å². The van der Waals surface area contributed by atoms with Crippen molar-refractivity contribution in [2.24, 2.45) is 7.05 Å². The second-order valence-corrected chi connectivity index (χ2v) is 7.35. The van der Waals surface area contributed by atoms with Gasteiger partial charge in [-0.2, -0.15) is 0 Å². The molecular weight excluding hydrogens is 353 g/mol. The van der Waals surface area contributed by atoms with Gasteiger partial charge < -0.3 is 4.57 Å². The molecule has 0 bridgehead atoms. The van der Waals surface area contributed by atoms with Crippen molar-refractivity contribution in [1.29, 1.82) is 0 Å². The van der Waals surface area contributed by atoms with Crippen LogP contribution >= 0.6 is 34.7 Å². The van der Waals surface area contributed by atoms with Gasteiger partial charge in [0.2, 0.25) is 0 Å². The number of halogens is 2. The van der Waals surface area contributed by atoms with Crippen molar-refractivity contribution in [2.75, 3.05) is 0 Å². The quantitative estimate of drug-likeness (QED) is 0.581. The molecule has 23 heavy (non-hydrogen) atoms. The van der Waals surface area contributed by atoms with E-state index in [0.717, 1.165) is 23.0 Å². The lowest BCUT2D eigenvalue weighted by atomic mass is 10.2. The summed E-state index contributed by atoms with van der Waals surface area (Å²) in [6.45, 7) is 2.13. The molecule has 3 aromatic rings. The van der Waals surface area contributed by atoms with Crippen LogP contribution in [-0.4, -0.2) is 14.8 Å². The summed E-state index contributed by atoms with van der Waals surface area (Å²) in [5.41, 5.74) is 1.56. The van der Waals surface area contributed by atoms with E-state index >= 15 is 0 Å². The van der Waals surface area contributed by atoms with Gasteiger partial charge in [-0.1, -0.05) is 36.4 Å². The van der Waals surface area contributed by atoms with Gasteiger partial charge >= 0.3 is 0 Å². The molecule has 3 nitrogen and oxygen atoms in total. The predicted molar refractivity (Wildman–Crippen MR) is 94.7 cm³/mol. The van der Waals surface area contributed by atoms with Crippen LogP contribution in [0.15, 0.2) is 34.8 Å². The molecule has 0 amide bonds. The van der Waals surface area contributed by atoms with E-state index < -0.39 is 0 Å². The first-order valence-corrected chi connectivity index (χ1v) is 9.37. The van der Waals surface area contributed by atoms with Crippen LogP contribution in [-0.2, 0) is 19.2 Å². The number of thioether (sulfide) groups is 1. The molecule has 1 aromatic carbocycles. The molecule has 0 fully saturated rings. The van der Waals surface area contributed by atoms with Crippen molar-refractivity contribution in [3.63, 3.8) is 0 Å². The van der Waals surface area contributed by atoms with Crippen LogP contribution in [0.1, 0.15) is 17.4 Å². The van der Waals surface area contributed by atoms with Crippen LogP contribution in [0.25, 0.3) is 11.4 Å². The molecule has 0 aliphatic heterocycles. The fourth-order valence-corrected chi connectivity index (χ4v) is 4.25. The summed E-state index contributed by atoms with van der Waals surface area (Å²) in [7, 11) is 1.92. The van der Waals surface area contributed by atoms with Crippen LogP contribution in [0.3, 0.4) is 0 Å². The Morgan fingerprint density at radius 1 is 1.35 bits per heavy atom. The number of benzene rings is 1. The molecular formula is C16H15ClFN3S2. The zero-order valence-corrected chi connectivity index (χ0v) is 15.1. The molecule has 2 heterocycles. The van der Waals surface area contributed by atoms with Gasteiger partial charge in [-0.05, 0) is 24.6 Å². The van der Waals surface area contributed by atoms with Crippen molar-refractivity contribution in [2.45, 2.75) is 24.3 Å². The average molecular weight is 368 g/mol. The molecule has 0 aliphatic rings. The smallest absolute Gasteiger partial charge is 0.191 e. The summed E-state index contributed by atoms with van der Waals surface area (Å²) in [4.78, 5) is 1.32. The first-order valence-electron chi connectivity index (χ1n) is 7.13. The Hall–Kier alpha value is -1.37. The lowest BCUT2D eigenvalue weighted by Crippen LogP contribution is -1.95. The van der Waals surface area contributed by atoms with Gasteiger partial charge in [0.05, 0.1) is 0 Å². The van der Waals surface area contributed by atoms with Gasteiger partial charge in [-0.15, -0.1) is 21.5 Å². The number of hydrogen-bond acceptors (Lipinski definition) is 4. The van der Waals surface area contributed by atoms with Crippen LogP contribution in [0.4, 0.5) is 4.39 Å². The summed E-state index contributed by atoms with van der Waals surface area (Å²) >= 11 is 9.21. The van der Waals surface area contributed by atoms with E-state index in [4.69, 9.17) is 11.6 Å². The number of hydrogen-bond donors (Lipinski definition) is 0. The first-order chi connectivity index (χ1) is 11.1. The summed E-state index contributed by atoms with van der Waals surface area (Å²) in [6, 6.07) is 6.85. The van der Waals surface area contributed by atoms with Gasteiger partial charge in [-0.3, -0.25) is 0 Å². The Bertz CT molecular complexity index is 808. The predicted octanol–water partition coefficient (Wildman–Crippen LogP) is 5.19. The van der Waals surface area contributed by atoms with Gasteiger partial charge in [0, 0.05) is 39.2 Å². The van der Waals surface area contributed by atoms with E-state index in [1.807, 2.05) is 11.6 Å². The molecule has 0 unspecified atom stereocenters. The van der Waals surface area contributed by atoms with Crippen LogP contribution in [0.5, 0.6) is 0 Å². The van der Waals surface area contributed by atoms with E-state index in [9.17, 15) is 4.39 Å². The summed E-state index contributed by atoms with van der Waals surface area (Å²) in [6.07, 6.45) is 1.01. The van der Waals surface area contributed by atoms with Gasteiger partial charge in [0.1, 0.15) is 5.82 Å². The monoisotopic (exact) mass is 367 g/mol. The topological polar surface area (TPSA) is 30.7 Å². The van der Waals surface area contributed by atoms with Gasteiger partial charge in [0.15, 0.2) is 11.0 Å². The lowest BCUT2D eigenvalue weighted by molar-refractivity contribution is 0.617. The number of aromatic nitrogens is 3. The summed E-state index contributed by atoms with van der Waals surface area (Å²) in [5, 5.41) is 11.7. The van der Waals surface area contributed by atoms with E-state index in [-0.39, 0.29) is 5.82 Å². The molecule has 7 heteroatoms. The molecule has 0 saturated heterocycles. The van der Waals surface area contributed by atoms with Gasteiger partial charge in [-0.25, -0.2) is 4.39 Å². The minimum atomic E-state index is -0.294. The molecule has 0 spiro atoms. The summed E-state index contributed by atoms with van der Waals surface area (Å²) < 4.78 is 15.8. The Labute approximate surface area is 147 Å². The zero-order valence-electron chi connectivity index (χ0n) is 12.7. The lowest BCUT2D eigenvalue weighted by Gasteiger charge is -2.05. The fourth-order valence-electron chi connectivity index (χ4n) is 2.18. The van der Waals surface area contributed by atoms with E-state index in [1.54, 1.807) is 23.5 Å². The fraction of sp³-hybridized carbons (Fsp3) is 0.250. The van der Waals surface area contributed by atoms with Crippen molar-refractivity contribution >= 4 is 34.7 Å². The highest BCUT2D eigenvalue weighted by Crippen LogP contribution is 2.30. The van der Waals surface area contributed by atoms with Crippen LogP contribution in [0, 0.1) is 5.82 Å². The van der Waals surface area contributed by atoms with E-state index in [1.165, 1.54) is 22.7 Å². The SMILES string of the molecule is CCc1cc(-c2nnc(SCc3c(F)cccc3Cl)n2C)cs1. The third-order valence-electron chi connectivity index (χ3n) is 3.50. The zero-order chi connectivity index (χ0) is 16.4. The van der Waals surface area contributed by atoms with Gasteiger partial charge in [0.25, 0.3) is 0 Å². The third-order valence-corrected chi connectivity index (χ3v) is 5.98. The van der Waals surface area contributed by atoms with Crippen molar-refractivity contribution < 1.29 is 4.39 Å². The Kier molecular flexibility index (Phi) is 5.04. The van der Waals surface area contributed by atoms with Crippen LogP contribution in [0.2, 0.25) is 5.02 Å². The Balaban J connectivity index is 1.80. The maximum absolute atomic E-state index is 13.8. The van der Waals surface area contributed by atoms with Crippen molar-refractivity contribution in [3.05, 3.63) is 50.9 Å². The highest BCUT2D eigenvalue weighted by atomic mass is 35.5. The number of rotatable bonds is 5. The molecule has 0 N–H and O–H groups in total. The van der Waals surface area contributed by atoms with Crippen LogP contribution < -0.4 is 0 Å². The Morgan fingerprint density at radius 2 is 2.17 bits per heavy atom. The minimum Gasteiger partial charge on any atom is -0.305 e. The van der Waals surface area contributed by atoms with E-state index in [2.05, 4.69) is 28.6 Å². The third kappa shape index (κ3) is 3.44. The highest BCUT2D eigenvalue weighted by Gasteiger charge is 2.14. The molecule has 3 rings (SSSR count). The normalized spacial score (nSPS) is 11.1. The highest BCUT2D eigenvalue weighted by molar-refractivity contribution is 7.98. The maximum Gasteiger partial charge on any atom is 0.191 e. The number of nitrogens with zero attached hydrogens (tertiary/aromatic N) is 3. The van der Waals surface area contributed by atoms with Crippen molar-refractivity contribution in [3.8, 4) is 11.4 Å².